The molecular formula is C17H13ClN2O2. The van der Waals surface area contributed by atoms with Crippen LogP contribution in [0, 0.1) is 0 Å². The van der Waals surface area contributed by atoms with E-state index in [2.05, 4.69) is 0 Å². The van der Waals surface area contributed by atoms with Gasteiger partial charge in [0.2, 0.25) is 0 Å². The lowest BCUT2D eigenvalue weighted by atomic mass is 10.1. The summed E-state index contributed by atoms with van der Waals surface area (Å²) in [6, 6.07) is 13.4. The molecule has 110 valence electrons. The van der Waals surface area contributed by atoms with E-state index in [0.717, 1.165) is 27.2 Å². The van der Waals surface area contributed by atoms with Crippen molar-refractivity contribution in [3.63, 3.8) is 0 Å². The lowest BCUT2D eigenvalue weighted by Crippen LogP contribution is -2.26. The Morgan fingerprint density at radius 2 is 1.82 bits per heavy atom. The van der Waals surface area contributed by atoms with Crippen molar-refractivity contribution in [2.75, 3.05) is 7.11 Å². The summed E-state index contributed by atoms with van der Waals surface area (Å²) in [6.45, 7) is 0. The smallest absolute Gasteiger partial charge is 0.308 e. The number of benzene rings is 2. The molecule has 0 unspecified atom stereocenters. The van der Waals surface area contributed by atoms with E-state index in [-0.39, 0.29) is 5.56 Å². The monoisotopic (exact) mass is 312 g/mol. The fraction of sp³-hybridized carbons (Fsp3) is 0.118. The number of hydrogen-bond donors (Lipinski definition) is 0. The van der Waals surface area contributed by atoms with Gasteiger partial charge in [0.25, 0.3) is 0 Å². The third-order valence-corrected chi connectivity index (χ3v) is 4.36. The Morgan fingerprint density at radius 3 is 2.59 bits per heavy atom. The Hall–Kier alpha value is -2.46. The van der Waals surface area contributed by atoms with Crippen molar-refractivity contribution < 1.29 is 4.84 Å². The molecule has 0 bridgehead atoms. The number of aryl methyl sites for hydroxylation is 1. The third kappa shape index (κ3) is 1.56. The van der Waals surface area contributed by atoms with Crippen LogP contribution in [0.15, 0.2) is 47.3 Å². The zero-order chi connectivity index (χ0) is 15.4. The zero-order valence-corrected chi connectivity index (χ0v) is 12.9. The normalized spacial score (nSPS) is 11.6. The molecule has 2 heterocycles. The van der Waals surface area contributed by atoms with Gasteiger partial charge in [-0.15, -0.1) is 4.73 Å². The van der Waals surface area contributed by atoms with Crippen LogP contribution < -0.4 is 10.4 Å². The van der Waals surface area contributed by atoms with Gasteiger partial charge in [0, 0.05) is 33.7 Å². The molecule has 0 aliphatic rings. The van der Waals surface area contributed by atoms with Crippen LogP contribution in [0.3, 0.4) is 0 Å². The lowest BCUT2D eigenvalue weighted by Gasteiger charge is -2.09. The molecular weight excluding hydrogens is 300 g/mol. The Labute approximate surface area is 131 Å². The largest absolute Gasteiger partial charge is 0.413 e. The van der Waals surface area contributed by atoms with E-state index in [9.17, 15) is 4.79 Å². The van der Waals surface area contributed by atoms with Crippen molar-refractivity contribution in [1.29, 1.82) is 0 Å². The molecule has 0 radical (unpaired) electrons. The van der Waals surface area contributed by atoms with E-state index >= 15 is 0 Å². The summed E-state index contributed by atoms with van der Waals surface area (Å²) in [5.41, 5.74) is 2.15. The first-order valence-corrected chi connectivity index (χ1v) is 7.27. The van der Waals surface area contributed by atoms with E-state index < -0.39 is 0 Å². The van der Waals surface area contributed by atoms with Gasteiger partial charge in [-0.05, 0) is 24.3 Å². The maximum atomic E-state index is 12.8. The van der Waals surface area contributed by atoms with E-state index in [1.54, 1.807) is 0 Å². The van der Waals surface area contributed by atoms with Crippen molar-refractivity contribution >= 4 is 44.3 Å². The molecule has 0 fully saturated rings. The molecule has 0 N–H and O–H groups in total. The minimum atomic E-state index is -0.175. The summed E-state index contributed by atoms with van der Waals surface area (Å²) in [5, 5.41) is 3.50. The number of nitrogens with zero attached hydrogens (tertiary/aromatic N) is 2. The lowest BCUT2D eigenvalue weighted by molar-refractivity contribution is 0.170. The first-order chi connectivity index (χ1) is 10.6. The molecule has 4 nitrogen and oxygen atoms in total. The summed E-state index contributed by atoms with van der Waals surface area (Å²) < 4.78 is 3.23. The van der Waals surface area contributed by atoms with E-state index in [1.165, 1.54) is 11.8 Å². The molecule has 0 aliphatic carbocycles. The molecule has 4 rings (SSSR count). The SMILES string of the molecule is COn1c(=O)c2c(c3ccccc31)c1cc(Cl)ccc1n2C. The highest BCUT2D eigenvalue weighted by molar-refractivity contribution is 6.32. The first kappa shape index (κ1) is 13.2. The number of hydrogen-bond acceptors (Lipinski definition) is 2. The summed E-state index contributed by atoms with van der Waals surface area (Å²) in [6.07, 6.45) is 0. The molecule has 2 aromatic heterocycles. The fourth-order valence-corrected chi connectivity index (χ4v) is 3.36. The average molecular weight is 313 g/mol. The summed E-state index contributed by atoms with van der Waals surface area (Å²) in [7, 11) is 3.38. The number of halogens is 1. The summed E-state index contributed by atoms with van der Waals surface area (Å²) >= 11 is 6.16. The minimum absolute atomic E-state index is 0.175. The highest BCUT2D eigenvalue weighted by Gasteiger charge is 2.18. The molecule has 5 heteroatoms. The highest BCUT2D eigenvalue weighted by Crippen LogP contribution is 2.33. The molecule has 4 aromatic rings. The van der Waals surface area contributed by atoms with Crippen LogP contribution in [0.4, 0.5) is 0 Å². The molecule has 22 heavy (non-hydrogen) atoms. The summed E-state index contributed by atoms with van der Waals surface area (Å²) in [4.78, 5) is 18.1. The Bertz CT molecular complexity index is 1110. The summed E-state index contributed by atoms with van der Waals surface area (Å²) in [5.74, 6) is 0. The van der Waals surface area contributed by atoms with Gasteiger partial charge in [0.1, 0.15) is 12.6 Å². The van der Waals surface area contributed by atoms with Gasteiger partial charge in [-0.3, -0.25) is 4.79 Å². The standard InChI is InChI=1S/C17H13ClN2O2/c1-19-13-8-7-10(18)9-12(13)15-11-5-3-4-6-14(11)20(22-2)17(21)16(15)19/h3-9H,1-2H3. The van der Waals surface area contributed by atoms with Crippen LogP contribution in [-0.4, -0.2) is 16.4 Å². The number of aromatic nitrogens is 2. The van der Waals surface area contributed by atoms with Crippen molar-refractivity contribution in [1.82, 2.24) is 9.30 Å². The van der Waals surface area contributed by atoms with E-state index in [1.807, 2.05) is 54.1 Å². The molecule has 0 spiro atoms. The van der Waals surface area contributed by atoms with Crippen molar-refractivity contribution in [2.24, 2.45) is 7.05 Å². The second-order valence-electron chi connectivity index (χ2n) is 5.24. The van der Waals surface area contributed by atoms with Gasteiger partial charge in [-0.1, -0.05) is 29.8 Å². The molecule has 0 saturated carbocycles. The molecule has 0 aliphatic heterocycles. The first-order valence-electron chi connectivity index (χ1n) is 6.89. The average Bonchev–Trinajstić information content (AvgIpc) is 2.81. The van der Waals surface area contributed by atoms with Crippen LogP contribution in [0.1, 0.15) is 0 Å². The number of rotatable bonds is 1. The number of para-hydroxylation sites is 1. The predicted octanol–water partition coefficient (Wildman–Crippen LogP) is 3.36. The van der Waals surface area contributed by atoms with Crippen LogP contribution in [0.2, 0.25) is 5.02 Å². The number of fused-ring (bicyclic) bond motifs is 5. The van der Waals surface area contributed by atoms with E-state index in [0.29, 0.717) is 10.5 Å². The molecule has 0 atom stereocenters. The van der Waals surface area contributed by atoms with Gasteiger partial charge in [0.15, 0.2) is 0 Å². The van der Waals surface area contributed by atoms with Gasteiger partial charge >= 0.3 is 5.56 Å². The van der Waals surface area contributed by atoms with E-state index in [4.69, 9.17) is 16.4 Å². The zero-order valence-electron chi connectivity index (χ0n) is 12.1. The second kappa shape index (κ2) is 4.52. The Morgan fingerprint density at radius 1 is 1.05 bits per heavy atom. The molecule has 2 aromatic carbocycles. The van der Waals surface area contributed by atoms with Gasteiger partial charge in [0.05, 0.1) is 5.52 Å². The van der Waals surface area contributed by atoms with Crippen molar-refractivity contribution in [3.05, 3.63) is 57.8 Å². The maximum Gasteiger partial charge on any atom is 0.308 e. The minimum Gasteiger partial charge on any atom is -0.413 e. The predicted molar refractivity (Wildman–Crippen MR) is 89.7 cm³/mol. The van der Waals surface area contributed by atoms with Crippen molar-refractivity contribution in [3.8, 4) is 0 Å². The molecule has 0 saturated heterocycles. The number of pyridine rings is 1. The molecule has 0 amide bonds. The van der Waals surface area contributed by atoms with Crippen LogP contribution in [-0.2, 0) is 7.05 Å². The van der Waals surface area contributed by atoms with Crippen LogP contribution in [0.25, 0.3) is 32.7 Å². The van der Waals surface area contributed by atoms with Gasteiger partial charge in [-0.2, -0.15) is 0 Å². The third-order valence-electron chi connectivity index (χ3n) is 4.12. The maximum absolute atomic E-state index is 12.8. The van der Waals surface area contributed by atoms with Gasteiger partial charge < -0.3 is 9.40 Å². The fourth-order valence-electron chi connectivity index (χ4n) is 3.19. The topological polar surface area (TPSA) is 36.2 Å². The quantitative estimate of drug-likeness (QED) is 0.540. The second-order valence-corrected chi connectivity index (χ2v) is 5.68. The van der Waals surface area contributed by atoms with Gasteiger partial charge in [-0.25, -0.2) is 0 Å². The van der Waals surface area contributed by atoms with Crippen LogP contribution >= 0.6 is 11.6 Å². The highest BCUT2D eigenvalue weighted by atomic mass is 35.5. The Kier molecular flexibility index (Phi) is 2.71. The Balaban J connectivity index is 2.45. The van der Waals surface area contributed by atoms with Crippen LogP contribution in [0.5, 0.6) is 0 Å². The van der Waals surface area contributed by atoms with Crippen molar-refractivity contribution in [2.45, 2.75) is 0 Å².